The first-order valence-corrected chi connectivity index (χ1v) is 6.93. The lowest BCUT2D eigenvalue weighted by Crippen LogP contribution is -2.44. The summed E-state index contributed by atoms with van der Waals surface area (Å²) in [5, 5.41) is 12.4. The third-order valence-corrected chi connectivity index (χ3v) is 4.22. The topological polar surface area (TPSA) is 49.3 Å². The average Bonchev–Trinajstić information content (AvgIpc) is 2.28. The van der Waals surface area contributed by atoms with E-state index < -0.39 is 12.0 Å². The predicted octanol–water partition coefficient (Wildman–Crippen LogP) is 3.07. The predicted molar refractivity (Wildman–Crippen MR) is 74.5 cm³/mol. The first-order chi connectivity index (χ1) is 8.36. The van der Waals surface area contributed by atoms with Gasteiger partial charge in [-0.2, -0.15) is 0 Å². The van der Waals surface area contributed by atoms with Crippen molar-refractivity contribution in [1.82, 2.24) is 5.32 Å². The third kappa shape index (κ3) is 4.13. The lowest BCUT2D eigenvalue weighted by atomic mass is 9.68. The van der Waals surface area contributed by atoms with E-state index in [0.29, 0.717) is 12.0 Å². The van der Waals surface area contributed by atoms with Gasteiger partial charge in [0.2, 0.25) is 0 Å². The van der Waals surface area contributed by atoms with Crippen LogP contribution >= 0.6 is 0 Å². The van der Waals surface area contributed by atoms with E-state index in [2.05, 4.69) is 32.7 Å². The molecule has 0 heterocycles. The van der Waals surface area contributed by atoms with Crippen LogP contribution < -0.4 is 5.32 Å². The van der Waals surface area contributed by atoms with Gasteiger partial charge in [0, 0.05) is 6.54 Å². The molecule has 0 aromatic carbocycles. The van der Waals surface area contributed by atoms with Crippen LogP contribution in [0.25, 0.3) is 0 Å². The smallest absolute Gasteiger partial charge is 0.320 e. The first kappa shape index (κ1) is 15.2. The average molecular weight is 253 g/mol. The zero-order valence-corrected chi connectivity index (χ0v) is 11.9. The Kier molecular flexibility index (Phi) is 5.39. The van der Waals surface area contributed by atoms with Crippen LogP contribution in [-0.2, 0) is 4.79 Å². The molecule has 0 aromatic heterocycles. The lowest BCUT2D eigenvalue weighted by Gasteiger charge is -2.38. The Labute approximate surface area is 111 Å². The van der Waals surface area contributed by atoms with E-state index in [1.165, 1.54) is 0 Å². The largest absolute Gasteiger partial charge is 0.480 e. The second-order valence-electron chi connectivity index (χ2n) is 6.49. The number of hydrogen-bond acceptors (Lipinski definition) is 2. The molecule has 1 rings (SSSR count). The van der Waals surface area contributed by atoms with Crippen molar-refractivity contribution in [2.24, 2.45) is 17.3 Å². The summed E-state index contributed by atoms with van der Waals surface area (Å²) in [6.07, 6.45) is 6.05. The Morgan fingerprint density at radius 3 is 2.33 bits per heavy atom. The maximum Gasteiger partial charge on any atom is 0.320 e. The van der Waals surface area contributed by atoms with Crippen molar-refractivity contribution in [3.05, 3.63) is 12.7 Å². The number of hydrogen-bond donors (Lipinski definition) is 2. The normalized spacial score (nSPS) is 26.6. The van der Waals surface area contributed by atoms with E-state index >= 15 is 0 Å². The number of carboxylic acid groups (broad SMARTS) is 1. The second-order valence-corrected chi connectivity index (χ2v) is 6.49. The van der Waals surface area contributed by atoms with Crippen LogP contribution in [0.1, 0.15) is 46.5 Å². The quantitative estimate of drug-likeness (QED) is 0.740. The fraction of sp³-hybridized carbons (Fsp3) is 0.800. The molecule has 3 nitrogen and oxygen atoms in total. The summed E-state index contributed by atoms with van der Waals surface area (Å²) in [5.41, 5.74) is 0.345. The Balaban J connectivity index is 2.53. The molecule has 0 radical (unpaired) electrons. The molecule has 1 atom stereocenters. The molecule has 1 aliphatic rings. The lowest BCUT2D eigenvalue weighted by molar-refractivity contribution is -0.141. The molecule has 104 valence electrons. The Morgan fingerprint density at radius 2 is 1.94 bits per heavy atom. The fourth-order valence-corrected chi connectivity index (χ4v) is 2.98. The molecule has 0 spiro atoms. The van der Waals surface area contributed by atoms with Crippen molar-refractivity contribution in [2.45, 2.75) is 52.5 Å². The molecule has 1 unspecified atom stereocenters. The van der Waals surface area contributed by atoms with Crippen LogP contribution in [0.4, 0.5) is 0 Å². The van der Waals surface area contributed by atoms with Gasteiger partial charge in [0.25, 0.3) is 0 Å². The summed E-state index contributed by atoms with van der Waals surface area (Å²) in [6.45, 7) is 11.0. The molecule has 0 aromatic rings. The first-order valence-electron chi connectivity index (χ1n) is 6.93. The highest BCUT2D eigenvalue weighted by Gasteiger charge is 2.35. The van der Waals surface area contributed by atoms with Gasteiger partial charge in [0.1, 0.15) is 6.04 Å². The minimum atomic E-state index is -0.726. The summed E-state index contributed by atoms with van der Waals surface area (Å²) in [7, 11) is 0. The molecular formula is C15H27NO2. The molecule has 2 N–H and O–H groups in total. The highest BCUT2D eigenvalue weighted by atomic mass is 16.4. The molecule has 0 bridgehead atoms. The van der Waals surface area contributed by atoms with Crippen LogP contribution in [0.5, 0.6) is 0 Å². The van der Waals surface area contributed by atoms with Gasteiger partial charge >= 0.3 is 5.97 Å². The molecule has 1 fully saturated rings. The van der Waals surface area contributed by atoms with Gasteiger partial charge in [-0.05, 0) is 42.9 Å². The summed E-state index contributed by atoms with van der Waals surface area (Å²) in [4.78, 5) is 11.3. The maximum absolute atomic E-state index is 11.3. The molecule has 0 aliphatic heterocycles. The van der Waals surface area contributed by atoms with Gasteiger partial charge in [0.05, 0.1) is 0 Å². The highest BCUT2D eigenvalue weighted by molar-refractivity contribution is 5.73. The summed E-state index contributed by atoms with van der Waals surface area (Å²) in [6, 6.07) is -0.413. The summed E-state index contributed by atoms with van der Waals surface area (Å²) in [5.74, 6) is 0.264. The van der Waals surface area contributed by atoms with Crippen LogP contribution in [-0.4, -0.2) is 23.7 Å². The SMILES string of the molecule is C=CCNC(C(=O)O)C1CCC(C(C)(C)C)CC1. The standard InChI is InChI=1S/C15H27NO2/c1-5-10-16-13(14(17)18)11-6-8-12(9-7-11)15(2,3)4/h5,11-13,16H,1,6-10H2,2-4H3,(H,17,18). The Morgan fingerprint density at radius 1 is 1.39 bits per heavy atom. The Hall–Kier alpha value is -0.830. The van der Waals surface area contributed by atoms with E-state index in [1.54, 1.807) is 6.08 Å². The van der Waals surface area contributed by atoms with Gasteiger partial charge in [0.15, 0.2) is 0 Å². The van der Waals surface area contributed by atoms with Gasteiger partial charge in [-0.25, -0.2) is 0 Å². The van der Waals surface area contributed by atoms with Crippen LogP contribution in [0, 0.1) is 17.3 Å². The van der Waals surface area contributed by atoms with Gasteiger partial charge in [-0.3, -0.25) is 4.79 Å². The minimum absolute atomic E-state index is 0.265. The number of aliphatic carboxylic acids is 1. The van der Waals surface area contributed by atoms with Crippen molar-refractivity contribution >= 4 is 5.97 Å². The van der Waals surface area contributed by atoms with E-state index in [4.69, 9.17) is 0 Å². The fourth-order valence-electron chi connectivity index (χ4n) is 2.98. The maximum atomic E-state index is 11.3. The zero-order chi connectivity index (χ0) is 13.8. The van der Waals surface area contributed by atoms with Crippen molar-refractivity contribution < 1.29 is 9.90 Å². The van der Waals surface area contributed by atoms with Crippen molar-refractivity contribution in [3.8, 4) is 0 Å². The molecule has 0 amide bonds. The van der Waals surface area contributed by atoms with Gasteiger partial charge < -0.3 is 10.4 Å². The van der Waals surface area contributed by atoms with Crippen molar-refractivity contribution in [3.63, 3.8) is 0 Å². The molecule has 3 heteroatoms. The second kappa shape index (κ2) is 6.37. The van der Waals surface area contributed by atoms with E-state index in [9.17, 15) is 9.90 Å². The van der Waals surface area contributed by atoms with Gasteiger partial charge in [-0.15, -0.1) is 6.58 Å². The van der Waals surface area contributed by atoms with Crippen LogP contribution in [0.2, 0.25) is 0 Å². The summed E-state index contributed by atoms with van der Waals surface area (Å²) < 4.78 is 0. The Bertz CT molecular complexity index is 285. The van der Waals surface area contributed by atoms with E-state index in [0.717, 1.165) is 31.6 Å². The monoisotopic (exact) mass is 253 g/mol. The molecule has 1 saturated carbocycles. The van der Waals surface area contributed by atoms with Crippen molar-refractivity contribution in [2.75, 3.05) is 6.54 Å². The van der Waals surface area contributed by atoms with Gasteiger partial charge in [-0.1, -0.05) is 26.8 Å². The number of carboxylic acids is 1. The minimum Gasteiger partial charge on any atom is -0.480 e. The zero-order valence-electron chi connectivity index (χ0n) is 11.9. The van der Waals surface area contributed by atoms with E-state index in [1.807, 2.05) is 0 Å². The molecule has 1 aliphatic carbocycles. The highest BCUT2D eigenvalue weighted by Crippen LogP contribution is 2.40. The van der Waals surface area contributed by atoms with E-state index in [-0.39, 0.29) is 5.92 Å². The van der Waals surface area contributed by atoms with Crippen molar-refractivity contribution in [1.29, 1.82) is 0 Å². The summed E-state index contributed by atoms with van der Waals surface area (Å²) >= 11 is 0. The number of nitrogens with one attached hydrogen (secondary N) is 1. The number of rotatable bonds is 5. The molecule has 18 heavy (non-hydrogen) atoms. The van der Waals surface area contributed by atoms with Crippen LogP contribution in [0.15, 0.2) is 12.7 Å². The van der Waals surface area contributed by atoms with Crippen LogP contribution in [0.3, 0.4) is 0 Å². The number of carbonyl (C=O) groups is 1. The molecular weight excluding hydrogens is 226 g/mol. The third-order valence-electron chi connectivity index (χ3n) is 4.22. The molecule has 0 saturated heterocycles.